The standard InChI is InChI=1S/C31H28ClNO4/c32-25-5-3-4-23(17-25)29(34)19-33-26-13-10-21-8-9-22(16-24(21)18-26)20-11-14-27(15-12-20)37-30-7-2-1-6-28(30)31(35)36/h1-9,11-12,14-17,26,29,33-34H,10,13,18-19H2,(H,35,36)/t26-,29-/m0/s1. The highest BCUT2D eigenvalue weighted by molar-refractivity contribution is 6.30. The zero-order chi connectivity index (χ0) is 25.8. The molecule has 2 atom stereocenters. The van der Waals surface area contributed by atoms with Gasteiger partial charge in [0.25, 0.3) is 0 Å². The monoisotopic (exact) mass is 513 g/mol. The summed E-state index contributed by atoms with van der Waals surface area (Å²) in [7, 11) is 0. The molecule has 1 aliphatic carbocycles. The van der Waals surface area contributed by atoms with Crippen LogP contribution in [0.15, 0.2) is 91.0 Å². The van der Waals surface area contributed by atoms with Gasteiger partial charge in [0.1, 0.15) is 17.1 Å². The molecule has 3 N–H and O–H groups in total. The van der Waals surface area contributed by atoms with E-state index in [4.69, 9.17) is 16.3 Å². The summed E-state index contributed by atoms with van der Waals surface area (Å²) in [5.41, 5.74) is 5.81. The van der Waals surface area contributed by atoms with Gasteiger partial charge in [-0.25, -0.2) is 4.79 Å². The van der Waals surface area contributed by atoms with E-state index in [1.54, 1.807) is 30.3 Å². The Morgan fingerprint density at radius 2 is 1.73 bits per heavy atom. The van der Waals surface area contributed by atoms with Crippen molar-refractivity contribution < 1.29 is 19.7 Å². The molecule has 188 valence electrons. The van der Waals surface area contributed by atoms with Gasteiger partial charge in [-0.3, -0.25) is 0 Å². The van der Waals surface area contributed by atoms with Crippen LogP contribution in [0, 0.1) is 0 Å². The van der Waals surface area contributed by atoms with Crippen LogP contribution in [0.5, 0.6) is 11.5 Å². The number of benzene rings is 4. The van der Waals surface area contributed by atoms with Crippen LogP contribution in [0.4, 0.5) is 0 Å². The third-order valence-electron chi connectivity index (χ3n) is 6.80. The normalized spacial score (nSPS) is 15.6. The molecule has 0 spiro atoms. The van der Waals surface area contributed by atoms with Gasteiger partial charge in [0, 0.05) is 17.6 Å². The van der Waals surface area contributed by atoms with E-state index >= 15 is 0 Å². The van der Waals surface area contributed by atoms with E-state index in [-0.39, 0.29) is 5.56 Å². The van der Waals surface area contributed by atoms with Crippen LogP contribution < -0.4 is 10.1 Å². The molecule has 0 saturated carbocycles. The summed E-state index contributed by atoms with van der Waals surface area (Å²) in [6, 6.07) is 28.5. The molecule has 0 fully saturated rings. The summed E-state index contributed by atoms with van der Waals surface area (Å²) in [6.45, 7) is 0.479. The number of carboxylic acids is 1. The largest absolute Gasteiger partial charge is 0.478 e. The van der Waals surface area contributed by atoms with Crippen LogP contribution in [0.3, 0.4) is 0 Å². The lowest BCUT2D eigenvalue weighted by molar-refractivity contribution is 0.0694. The Labute approximate surface area is 221 Å². The van der Waals surface area contributed by atoms with Crippen molar-refractivity contribution in [1.29, 1.82) is 0 Å². The van der Waals surface area contributed by atoms with Crippen LogP contribution in [0.25, 0.3) is 11.1 Å². The number of hydrogen-bond acceptors (Lipinski definition) is 4. The van der Waals surface area contributed by atoms with E-state index in [1.807, 2.05) is 36.4 Å². The number of rotatable bonds is 8. The summed E-state index contributed by atoms with van der Waals surface area (Å²) < 4.78 is 5.83. The van der Waals surface area contributed by atoms with E-state index in [0.29, 0.717) is 29.1 Å². The molecule has 0 amide bonds. The Balaban J connectivity index is 1.24. The van der Waals surface area contributed by atoms with Crippen LogP contribution in [-0.2, 0) is 12.8 Å². The van der Waals surface area contributed by atoms with Crippen molar-refractivity contribution in [3.8, 4) is 22.6 Å². The number of para-hydroxylation sites is 1. The van der Waals surface area contributed by atoms with Gasteiger partial charge in [-0.05, 0) is 83.5 Å². The maximum absolute atomic E-state index is 11.4. The Bertz CT molecular complexity index is 1400. The predicted molar refractivity (Wildman–Crippen MR) is 146 cm³/mol. The molecule has 0 aliphatic heterocycles. The average Bonchev–Trinajstić information content (AvgIpc) is 2.92. The number of aryl methyl sites for hydroxylation is 1. The molecule has 0 unspecified atom stereocenters. The number of aromatic carboxylic acids is 1. The number of carboxylic acid groups (broad SMARTS) is 1. The highest BCUT2D eigenvalue weighted by atomic mass is 35.5. The Morgan fingerprint density at radius 3 is 2.51 bits per heavy atom. The van der Waals surface area contributed by atoms with Crippen molar-refractivity contribution in [2.45, 2.75) is 31.4 Å². The Kier molecular flexibility index (Phi) is 7.56. The first-order valence-corrected chi connectivity index (χ1v) is 12.7. The molecule has 0 aromatic heterocycles. The average molecular weight is 514 g/mol. The number of carbonyl (C=O) groups is 1. The summed E-state index contributed by atoms with van der Waals surface area (Å²) in [5.74, 6) is -0.124. The summed E-state index contributed by atoms with van der Waals surface area (Å²) in [4.78, 5) is 11.4. The summed E-state index contributed by atoms with van der Waals surface area (Å²) in [5, 5.41) is 24.1. The third kappa shape index (κ3) is 6.03. The molecule has 0 heterocycles. The van der Waals surface area contributed by atoms with Crippen molar-refractivity contribution in [3.63, 3.8) is 0 Å². The topological polar surface area (TPSA) is 78.8 Å². The number of aliphatic hydroxyl groups excluding tert-OH is 1. The molecule has 4 aromatic rings. The van der Waals surface area contributed by atoms with Crippen molar-refractivity contribution in [3.05, 3.63) is 118 Å². The Morgan fingerprint density at radius 1 is 0.946 bits per heavy atom. The minimum Gasteiger partial charge on any atom is -0.478 e. The molecular formula is C31H28ClNO4. The first-order valence-electron chi connectivity index (χ1n) is 12.4. The Hall–Kier alpha value is -3.64. The first-order chi connectivity index (χ1) is 18.0. The zero-order valence-corrected chi connectivity index (χ0v) is 21.0. The molecule has 0 bridgehead atoms. The van der Waals surface area contributed by atoms with Crippen molar-refractivity contribution >= 4 is 17.6 Å². The fraction of sp³-hybridized carbons (Fsp3) is 0.194. The first kappa shape index (κ1) is 25.0. The number of hydrogen-bond donors (Lipinski definition) is 3. The molecule has 1 aliphatic rings. The van der Waals surface area contributed by atoms with Crippen molar-refractivity contribution in [2.75, 3.05) is 6.54 Å². The fourth-order valence-electron chi connectivity index (χ4n) is 4.80. The summed E-state index contributed by atoms with van der Waals surface area (Å²) >= 11 is 6.06. The lowest BCUT2D eigenvalue weighted by Crippen LogP contribution is -2.37. The van der Waals surface area contributed by atoms with Crippen LogP contribution in [0.1, 0.15) is 39.6 Å². The van der Waals surface area contributed by atoms with E-state index in [1.165, 1.54) is 17.2 Å². The molecule has 0 saturated heterocycles. The van der Waals surface area contributed by atoms with Gasteiger partial charge in [-0.1, -0.05) is 66.2 Å². The van der Waals surface area contributed by atoms with Crippen LogP contribution in [-0.4, -0.2) is 28.8 Å². The second-order valence-corrected chi connectivity index (χ2v) is 9.77. The lowest BCUT2D eigenvalue weighted by Gasteiger charge is -2.27. The smallest absolute Gasteiger partial charge is 0.339 e. The van der Waals surface area contributed by atoms with Gasteiger partial charge in [0.2, 0.25) is 0 Å². The predicted octanol–water partition coefficient (Wildman–Crippen LogP) is 6.68. The van der Waals surface area contributed by atoms with Gasteiger partial charge in [0.05, 0.1) is 6.10 Å². The summed E-state index contributed by atoms with van der Waals surface area (Å²) in [6.07, 6.45) is 2.32. The number of halogens is 1. The highest BCUT2D eigenvalue weighted by Crippen LogP contribution is 2.31. The van der Waals surface area contributed by atoms with E-state index < -0.39 is 12.1 Å². The second-order valence-electron chi connectivity index (χ2n) is 9.33. The molecular weight excluding hydrogens is 486 g/mol. The number of nitrogens with one attached hydrogen (secondary N) is 1. The van der Waals surface area contributed by atoms with E-state index in [2.05, 4.69) is 23.5 Å². The van der Waals surface area contributed by atoms with Gasteiger partial charge < -0.3 is 20.3 Å². The van der Waals surface area contributed by atoms with E-state index in [0.717, 1.165) is 36.0 Å². The minimum absolute atomic E-state index is 0.129. The quantitative estimate of drug-likeness (QED) is 0.245. The van der Waals surface area contributed by atoms with Gasteiger partial charge >= 0.3 is 5.97 Å². The van der Waals surface area contributed by atoms with Gasteiger partial charge in [-0.2, -0.15) is 0 Å². The van der Waals surface area contributed by atoms with Crippen molar-refractivity contribution in [2.24, 2.45) is 0 Å². The molecule has 37 heavy (non-hydrogen) atoms. The number of ether oxygens (including phenoxy) is 1. The third-order valence-corrected chi connectivity index (χ3v) is 7.04. The molecule has 4 aromatic carbocycles. The maximum atomic E-state index is 11.4. The highest BCUT2D eigenvalue weighted by Gasteiger charge is 2.20. The van der Waals surface area contributed by atoms with Crippen molar-refractivity contribution in [1.82, 2.24) is 5.32 Å². The molecule has 6 heteroatoms. The molecule has 5 rings (SSSR count). The molecule has 0 radical (unpaired) electrons. The maximum Gasteiger partial charge on any atom is 0.339 e. The van der Waals surface area contributed by atoms with Gasteiger partial charge in [-0.15, -0.1) is 0 Å². The SMILES string of the molecule is O=C(O)c1ccccc1Oc1ccc(-c2ccc3c(c2)C[C@@H](NC[C@H](O)c2cccc(Cl)c2)CC3)cc1. The lowest BCUT2D eigenvalue weighted by atomic mass is 9.86. The van der Waals surface area contributed by atoms with Crippen LogP contribution in [0.2, 0.25) is 5.02 Å². The van der Waals surface area contributed by atoms with E-state index in [9.17, 15) is 15.0 Å². The molecule has 5 nitrogen and oxygen atoms in total. The van der Waals surface area contributed by atoms with Crippen LogP contribution >= 0.6 is 11.6 Å². The second kappa shape index (κ2) is 11.2. The number of fused-ring (bicyclic) bond motifs is 1. The number of aliphatic hydroxyl groups is 1. The minimum atomic E-state index is -1.02. The zero-order valence-electron chi connectivity index (χ0n) is 20.2. The fourth-order valence-corrected chi connectivity index (χ4v) is 4.99. The van der Waals surface area contributed by atoms with Gasteiger partial charge in [0.15, 0.2) is 0 Å².